The first-order chi connectivity index (χ1) is 17.2. The fourth-order valence-electron chi connectivity index (χ4n) is 4.92. The highest BCUT2D eigenvalue weighted by molar-refractivity contribution is 5.92. The molecule has 2 aliphatic rings. The first kappa shape index (κ1) is 23.5. The molecule has 0 bridgehead atoms. The molecule has 2 heterocycles. The van der Waals surface area contributed by atoms with Crippen LogP contribution in [-0.4, -0.2) is 48.8 Å². The smallest absolute Gasteiger partial charge is 0.238 e. The summed E-state index contributed by atoms with van der Waals surface area (Å²) in [7, 11) is 0. The van der Waals surface area contributed by atoms with Crippen molar-refractivity contribution in [3.63, 3.8) is 0 Å². The lowest BCUT2D eigenvalue weighted by Crippen LogP contribution is -2.57. The van der Waals surface area contributed by atoms with Gasteiger partial charge < -0.3 is 19.5 Å². The van der Waals surface area contributed by atoms with Crippen LogP contribution in [0.25, 0.3) is 0 Å². The molecule has 0 unspecified atom stereocenters. The average Bonchev–Trinajstić information content (AvgIpc) is 3.36. The number of anilines is 1. The van der Waals surface area contributed by atoms with Crippen molar-refractivity contribution >= 4 is 11.6 Å². The fourth-order valence-corrected chi connectivity index (χ4v) is 4.92. The average molecular weight is 473 g/mol. The van der Waals surface area contributed by atoms with Gasteiger partial charge in [0.2, 0.25) is 5.91 Å². The quantitative estimate of drug-likeness (QED) is 0.485. The monoisotopic (exact) mass is 472 g/mol. The maximum absolute atomic E-state index is 12.8. The van der Waals surface area contributed by atoms with Gasteiger partial charge in [-0.2, -0.15) is 0 Å². The van der Waals surface area contributed by atoms with Crippen LogP contribution >= 0.6 is 0 Å². The molecular weight excluding hydrogens is 440 g/mol. The SMILES string of the molecule is O=C(CN1CC[C@]2(CCCO2)[C@H](OCc2ccccc2)C1)Nc1ccc(Oc2ccccc2)cc1. The Morgan fingerprint density at radius 3 is 2.37 bits per heavy atom. The number of para-hydroxylation sites is 1. The number of benzene rings is 3. The normalized spacial score (nSPS) is 22.2. The summed E-state index contributed by atoms with van der Waals surface area (Å²) in [5.41, 5.74) is 1.67. The number of likely N-dealkylation sites (tertiary alicyclic amines) is 1. The summed E-state index contributed by atoms with van der Waals surface area (Å²) in [5.74, 6) is 1.47. The van der Waals surface area contributed by atoms with Crippen LogP contribution in [0.5, 0.6) is 11.5 Å². The van der Waals surface area contributed by atoms with Crippen molar-refractivity contribution in [2.75, 3.05) is 31.6 Å². The number of amides is 1. The van der Waals surface area contributed by atoms with Gasteiger partial charge >= 0.3 is 0 Å². The number of ether oxygens (including phenoxy) is 3. The molecule has 0 aromatic heterocycles. The van der Waals surface area contributed by atoms with E-state index in [2.05, 4.69) is 22.3 Å². The highest BCUT2D eigenvalue weighted by atomic mass is 16.6. The van der Waals surface area contributed by atoms with Crippen molar-refractivity contribution in [2.45, 2.75) is 37.6 Å². The predicted octanol–water partition coefficient (Wildman–Crippen LogP) is 5.26. The molecule has 35 heavy (non-hydrogen) atoms. The van der Waals surface area contributed by atoms with Gasteiger partial charge in [-0.3, -0.25) is 9.69 Å². The van der Waals surface area contributed by atoms with Crippen molar-refractivity contribution in [3.05, 3.63) is 90.5 Å². The summed E-state index contributed by atoms with van der Waals surface area (Å²) in [5, 5.41) is 3.01. The number of carbonyl (C=O) groups excluding carboxylic acids is 1. The number of nitrogens with zero attached hydrogens (tertiary/aromatic N) is 1. The molecule has 0 radical (unpaired) electrons. The van der Waals surface area contributed by atoms with Crippen molar-refractivity contribution < 1.29 is 19.0 Å². The molecule has 182 valence electrons. The van der Waals surface area contributed by atoms with Crippen LogP contribution < -0.4 is 10.1 Å². The molecule has 1 amide bonds. The second-order valence-electron chi connectivity index (χ2n) is 9.27. The molecule has 5 rings (SSSR count). The minimum absolute atomic E-state index is 0.0353. The largest absolute Gasteiger partial charge is 0.457 e. The zero-order valence-electron chi connectivity index (χ0n) is 19.9. The zero-order chi connectivity index (χ0) is 23.9. The Hall–Kier alpha value is -3.19. The Balaban J connectivity index is 1.15. The number of rotatable bonds is 8. The van der Waals surface area contributed by atoms with Crippen molar-refractivity contribution in [2.24, 2.45) is 0 Å². The summed E-state index contributed by atoms with van der Waals surface area (Å²) >= 11 is 0. The van der Waals surface area contributed by atoms with E-state index in [4.69, 9.17) is 14.2 Å². The lowest BCUT2D eigenvalue weighted by molar-refractivity contribution is -0.159. The van der Waals surface area contributed by atoms with E-state index >= 15 is 0 Å². The molecule has 2 saturated heterocycles. The maximum Gasteiger partial charge on any atom is 0.238 e. The van der Waals surface area contributed by atoms with Gasteiger partial charge in [-0.25, -0.2) is 0 Å². The molecule has 3 aromatic carbocycles. The van der Waals surface area contributed by atoms with Gasteiger partial charge in [-0.15, -0.1) is 0 Å². The number of hydrogen-bond acceptors (Lipinski definition) is 5. The highest BCUT2D eigenvalue weighted by Crippen LogP contribution is 2.38. The molecule has 0 aliphatic carbocycles. The topological polar surface area (TPSA) is 60.0 Å². The van der Waals surface area contributed by atoms with Gasteiger partial charge in [0, 0.05) is 25.4 Å². The zero-order valence-corrected chi connectivity index (χ0v) is 19.9. The standard InChI is InChI=1S/C29H32N2O4/c32-28(30-24-12-14-26(15-13-24)35-25-10-5-2-6-11-25)21-31-18-17-29(16-7-19-34-29)27(20-31)33-22-23-8-3-1-4-9-23/h1-6,8-15,27H,7,16-22H2,(H,30,32)/t27-,29-/m1/s1. The molecule has 2 fully saturated rings. The summed E-state index contributed by atoms with van der Waals surface area (Å²) in [4.78, 5) is 15.0. The Morgan fingerprint density at radius 2 is 1.66 bits per heavy atom. The first-order valence-corrected chi connectivity index (χ1v) is 12.3. The Morgan fingerprint density at radius 1 is 0.943 bits per heavy atom. The predicted molar refractivity (Wildman–Crippen MR) is 136 cm³/mol. The summed E-state index contributed by atoms with van der Waals surface area (Å²) in [6.07, 6.45) is 2.91. The highest BCUT2D eigenvalue weighted by Gasteiger charge is 2.47. The van der Waals surface area contributed by atoms with Crippen LogP contribution in [0, 0.1) is 0 Å². The van der Waals surface area contributed by atoms with E-state index in [9.17, 15) is 4.79 Å². The lowest BCUT2D eigenvalue weighted by Gasteiger charge is -2.44. The summed E-state index contributed by atoms with van der Waals surface area (Å²) in [6, 6.07) is 27.3. The third-order valence-electron chi connectivity index (χ3n) is 6.77. The summed E-state index contributed by atoms with van der Waals surface area (Å²) in [6.45, 7) is 3.17. The van der Waals surface area contributed by atoms with Crippen molar-refractivity contribution in [1.29, 1.82) is 0 Å². The Bertz CT molecular complexity index is 1080. The Labute approximate surface area is 206 Å². The van der Waals surface area contributed by atoms with E-state index in [1.54, 1.807) is 0 Å². The van der Waals surface area contributed by atoms with Crippen molar-refractivity contribution in [3.8, 4) is 11.5 Å². The van der Waals surface area contributed by atoms with Gasteiger partial charge in [0.05, 0.1) is 24.9 Å². The van der Waals surface area contributed by atoms with E-state index in [0.29, 0.717) is 19.7 Å². The second kappa shape index (κ2) is 11.0. The third-order valence-corrected chi connectivity index (χ3v) is 6.77. The van der Waals surface area contributed by atoms with Gasteiger partial charge in [-0.1, -0.05) is 48.5 Å². The van der Waals surface area contributed by atoms with Crippen LogP contribution in [0.3, 0.4) is 0 Å². The molecule has 1 N–H and O–H groups in total. The number of piperidine rings is 1. The van der Waals surface area contributed by atoms with E-state index in [1.807, 2.05) is 72.8 Å². The number of nitrogens with one attached hydrogen (secondary N) is 1. The molecule has 6 heteroatoms. The van der Waals surface area contributed by atoms with Gasteiger partial charge in [0.15, 0.2) is 0 Å². The molecule has 6 nitrogen and oxygen atoms in total. The number of carbonyl (C=O) groups is 1. The van der Waals surface area contributed by atoms with E-state index in [0.717, 1.165) is 55.2 Å². The number of hydrogen-bond donors (Lipinski definition) is 1. The molecule has 2 aliphatic heterocycles. The van der Waals surface area contributed by atoms with Crippen LogP contribution in [0.2, 0.25) is 0 Å². The lowest BCUT2D eigenvalue weighted by atomic mass is 9.85. The second-order valence-corrected chi connectivity index (χ2v) is 9.27. The van der Waals surface area contributed by atoms with E-state index < -0.39 is 0 Å². The van der Waals surface area contributed by atoms with Crippen LogP contribution in [-0.2, 0) is 20.9 Å². The van der Waals surface area contributed by atoms with Gasteiger partial charge in [0.25, 0.3) is 0 Å². The van der Waals surface area contributed by atoms with Gasteiger partial charge in [-0.05, 0) is 61.2 Å². The van der Waals surface area contributed by atoms with E-state index in [1.165, 1.54) is 0 Å². The summed E-state index contributed by atoms with van der Waals surface area (Å²) < 4.78 is 18.4. The van der Waals surface area contributed by atoms with E-state index in [-0.39, 0.29) is 17.6 Å². The molecule has 0 saturated carbocycles. The molecule has 2 atom stereocenters. The fraction of sp³-hybridized carbons (Fsp3) is 0.345. The maximum atomic E-state index is 12.8. The van der Waals surface area contributed by atoms with Crippen LogP contribution in [0.15, 0.2) is 84.9 Å². The third kappa shape index (κ3) is 6.09. The minimum atomic E-state index is -0.226. The first-order valence-electron chi connectivity index (χ1n) is 12.3. The molecule has 3 aromatic rings. The Kier molecular flexibility index (Phi) is 7.42. The van der Waals surface area contributed by atoms with Gasteiger partial charge in [0.1, 0.15) is 11.5 Å². The van der Waals surface area contributed by atoms with Crippen molar-refractivity contribution in [1.82, 2.24) is 4.90 Å². The molecular formula is C29H32N2O4. The van der Waals surface area contributed by atoms with Crippen LogP contribution in [0.4, 0.5) is 5.69 Å². The molecule has 1 spiro atoms. The van der Waals surface area contributed by atoms with Crippen LogP contribution in [0.1, 0.15) is 24.8 Å². The minimum Gasteiger partial charge on any atom is -0.457 e.